The molecule has 1 amide bonds. The van der Waals surface area contributed by atoms with Crippen LogP contribution in [-0.4, -0.2) is 47.4 Å². The molecule has 2 aromatic heterocycles. The summed E-state index contributed by atoms with van der Waals surface area (Å²) < 4.78 is 0. The Labute approximate surface area is 191 Å². The van der Waals surface area contributed by atoms with Gasteiger partial charge in [0.2, 0.25) is 11.9 Å². The summed E-state index contributed by atoms with van der Waals surface area (Å²) in [5.41, 5.74) is 6.60. The molecule has 0 spiro atoms. The first-order chi connectivity index (χ1) is 15.3. The monoisotopic (exact) mass is 452 g/mol. The molecule has 2 atom stereocenters. The number of nitrogens with zero attached hydrogens (tertiary/aromatic N) is 4. The zero-order valence-corrected chi connectivity index (χ0v) is 19.2. The van der Waals surface area contributed by atoms with Crippen LogP contribution < -0.4 is 21.3 Å². The van der Waals surface area contributed by atoms with Crippen molar-refractivity contribution >= 4 is 34.0 Å². The maximum Gasteiger partial charge on any atom is 0.236 e. The second-order valence-electron chi connectivity index (χ2n) is 8.61. The molecule has 0 saturated carbocycles. The number of fused-ring (bicyclic) bond motifs is 1. The molecule has 2 aromatic rings. The highest BCUT2D eigenvalue weighted by Crippen LogP contribution is 2.45. The number of anilines is 2. The van der Waals surface area contributed by atoms with Crippen LogP contribution in [0.5, 0.6) is 0 Å². The standard InChI is InChI=1S/C22H28N8OS/c1-13-12-26-8-4-10-30(13)21-27-9-6-15(28-21)18(24)29-20(31)22(2)7-3-5-16-17(22)14(11-23)19(25)32-16/h6,9,13,26H,3-5,7-8,10,12,25H2,1-2H3,(H2,24,29,31)/t13-,22-/m0/s1. The van der Waals surface area contributed by atoms with E-state index in [0.29, 0.717) is 34.2 Å². The fourth-order valence-electron chi connectivity index (χ4n) is 4.58. The van der Waals surface area contributed by atoms with Crippen LogP contribution in [0.1, 0.15) is 54.8 Å². The number of rotatable bonds is 3. The van der Waals surface area contributed by atoms with Gasteiger partial charge in [-0.2, -0.15) is 5.26 Å². The van der Waals surface area contributed by atoms with Gasteiger partial charge in [0.1, 0.15) is 16.8 Å². The molecule has 9 nitrogen and oxygen atoms in total. The van der Waals surface area contributed by atoms with Crippen LogP contribution in [0, 0.1) is 16.7 Å². The Morgan fingerprint density at radius 2 is 2.31 bits per heavy atom. The van der Waals surface area contributed by atoms with E-state index in [-0.39, 0.29) is 17.8 Å². The molecule has 3 heterocycles. The molecule has 0 unspecified atom stereocenters. The van der Waals surface area contributed by atoms with Crippen LogP contribution in [0.25, 0.3) is 0 Å². The summed E-state index contributed by atoms with van der Waals surface area (Å²) in [4.78, 5) is 25.5. The number of aryl methyl sites for hydroxylation is 1. The van der Waals surface area contributed by atoms with Gasteiger partial charge in [0.25, 0.3) is 0 Å². The van der Waals surface area contributed by atoms with E-state index in [4.69, 9.17) is 11.1 Å². The topological polar surface area (TPSA) is 144 Å². The largest absolute Gasteiger partial charge is 0.389 e. The van der Waals surface area contributed by atoms with Crippen LogP contribution in [0.15, 0.2) is 12.3 Å². The number of hydrogen-bond donors (Lipinski definition) is 4. The van der Waals surface area contributed by atoms with Crippen LogP contribution in [0.2, 0.25) is 0 Å². The minimum atomic E-state index is -0.917. The number of carbonyl (C=O) groups excluding carboxylic acids is 1. The highest BCUT2D eigenvalue weighted by atomic mass is 32.1. The summed E-state index contributed by atoms with van der Waals surface area (Å²) in [7, 11) is 0. The predicted molar refractivity (Wildman–Crippen MR) is 125 cm³/mol. The van der Waals surface area contributed by atoms with Crippen molar-refractivity contribution in [3.63, 3.8) is 0 Å². The molecule has 32 heavy (non-hydrogen) atoms. The third-order valence-electron chi connectivity index (χ3n) is 6.37. The number of nitriles is 1. The molecule has 2 aliphatic rings. The Bertz CT molecular complexity index is 1090. The number of amidine groups is 1. The SMILES string of the molecule is C[C@H]1CNCCCN1c1nccc(C(=N)NC(=O)[C@@]2(C)CCCc3sc(N)c(C#N)c32)n1. The van der Waals surface area contributed by atoms with Crippen LogP contribution in [0.4, 0.5) is 10.9 Å². The van der Waals surface area contributed by atoms with Gasteiger partial charge in [0.15, 0.2) is 5.84 Å². The summed E-state index contributed by atoms with van der Waals surface area (Å²) in [6, 6.07) is 4.03. The van der Waals surface area contributed by atoms with Crippen molar-refractivity contribution < 1.29 is 4.79 Å². The third-order valence-corrected chi connectivity index (χ3v) is 7.45. The highest BCUT2D eigenvalue weighted by Gasteiger charge is 2.43. The first-order valence-electron chi connectivity index (χ1n) is 10.9. The average Bonchev–Trinajstić information content (AvgIpc) is 2.96. The number of nitrogens with one attached hydrogen (secondary N) is 3. The summed E-state index contributed by atoms with van der Waals surface area (Å²) in [6.07, 6.45) is 4.84. The number of hydrogen-bond acceptors (Lipinski definition) is 9. The second-order valence-corrected chi connectivity index (χ2v) is 9.74. The molecule has 10 heteroatoms. The molecular formula is C22H28N8OS. The highest BCUT2D eigenvalue weighted by molar-refractivity contribution is 7.16. The smallest absolute Gasteiger partial charge is 0.236 e. The van der Waals surface area contributed by atoms with Gasteiger partial charge < -0.3 is 21.3 Å². The van der Waals surface area contributed by atoms with E-state index in [1.165, 1.54) is 11.3 Å². The number of aromatic nitrogens is 2. The Morgan fingerprint density at radius 1 is 1.50 bits per heavy atom. The van der Waals surface area contributed by atoms with E-state index in [0.717, 1.165) is 43.8 Å². The Morgan fingerprint density at radius 3 is 3.09 bits per heavy atom. The summed E-state index contributed by atoms with van der Waals surface area (Å²) in [6.45, 7) is 6.56. The quantitative estimate of drug-likeness (QED) is 0.411. The predicted octanol–water partition coefficient (Wildman–Crippen LogP) is 1.92. The van der Waals surface area contributed by atoms with Gasteiger partial charge in [-0.3, -0.25) is 10.2 Å². The van der Waals surface area contributed by atoms with E-state index in [1.54, 1.807) is 12.3 Å². The lowest BCUT2D eigenvalue weighted by Gasteiger charge is -2.33. The van der Waals surface area contributed by atoms with Gasteiger partial charge >= 0.3 is 0 Å². The van der Waals surface area contributed by atoms with E-state index in [9.17, 15) is 10.1 Å². The second kappa shape index (κ2) is 8.84. The van der Waals surface area contributed by atoms with E-state index in [1.807, 2.05) is 6.92 Å². The first-order valence-corrected chi connectivity index (χ1v) is 11.7. The molecule has 168 valence electrons. The number of nitrogen functional groups attached to an aromatic ring is 1. The zero-order valence-electron chi connectivity index (χ0n) is 18.4. The maximum atomic E-state index is 13.4. The molecular weight excluding hydrogens is 424 g/mol. The fraction of sp³-hybridized carbons (Fsp3) is 0.500. The molecule has 1 saturated heterocycles. The van der Waals surface area contributed by atoms with Gasteiger partial charge in [-0.1, -0.05) is 0 Å². The molecule has 0 aromatic carbocycles. The van der Waals surface area contributed by atoms with Gasteiger partial charge in [-0.25, -0.2) is 9.97 Å². The van der Waals surface area contributed by atoms with Crippen molar-refractivity contribution in [2.75, 3.05) is 30.3 Å². The molecule has 4 rings (SSSR count). The maximum absolute atomic E-state index is 13.4. The lowest BCUT2D eigenvalue weighted by molar-refractivity contribution is -0.125. The van der Waals surface area contributed by atoms with E-state index in [2.05, 4.69) is 38.5 Å². The van der Waals surface area contributed by atoms with E-state index < -0.39 is 5.41 Å². The Balaban J connectivity index is 1.57. The Kier molecular flexibility index (Phi) is 6.13. The van der Waals surface area contributed by atoms with Crippen LogP contribution >= 0.6 is 11.3 Å². The lowest BCUT2D eigenvalue weighted by atomic mass is 9.72. The van der Waals surface area contributed by atoms with Crippen molar-refractivity contribution in [3.05, 3.63) is 34.0 Å². The fourth-order valence-corrected chi connectivity index (χ4v) is 5.77. The van der Waals surface area contributed by atoms with Gasteiger partial charge in [-0.15, -0.1) is 11.3 Å². The zero-order chi connectivity index (χ0) is 22.9. The van der Waals surface area contributed by atoms with Gasteiger partial charge in [0.05, 0.1) is 11.0 Å². The minimum Gasteiger partial charge on any atom is -0.389 e. The number of thiophene rings is 1. The number of amides is 1. The first kappa shape index (κ1) is 22.2. The molecule has 1 aliphatic heterocycles. The van der Waals surface area contributed by atoms with Crippen molar-refractivity contribution in [1.82, 2.24) is 20.6 Å². The molecule has 1 fully saturated rings. The summed E-state index contributed by atoms with van der Waals surface area (Å²) in [5.74, 6) is 0.167. The van der Waals surface area contributed by atoms with Crippen molar-refractivity contribution in [2.45, 2.75) is 51.0 Å². The van der Waals surface area contributed by atoms with Gasteiger partial charge in [0, 0.05) is 35.8 Å². The summed E-state index contributed by atoms with van der Waals surface area (Å²) in [5, 5.41) is 24.7. The van der Waals surface area contributed by atoms with E-state index >= 15 is 0 Å². The Hall–Kier alpha value is -3.03. The summed E-state index contributed by atoms with van der Waals surface area (Å²) >= 11 is 1.39. The van der Waals surface area contributed by atoms with Crippen molar-refractivity contribution in [1.29, 1.82) is 10.7 Å². The van der Waals surface area contributed by atoms with Crippen LogP contribution in [-0.2, 0) is 16.6 Å². The molecule has 0 radical (unpaired) electrons. The normalized spacial score (nSPS) is 23.0. The van der Waals surface area contributed by atoms with Crippen LogP contribution in [0.3, 0.4) is 0 Å². The average molecular weight is 453 g/mol. The molecule has 0 bridgehead atoms. The molecule has 5 N–H and O–H groups in total. The number of carbonyl (C=O) groups is 1. The lowest BCUT2D eigenvalue weighted by Crippen LogP contribution is -2.47. The van der Waals surface area contributed by atoms with Crippen molar-refractivity contribution in [2.24, 2.45) is 0 Å². The third kappa shape index (κ3) is 3.94. The number of nitrogens with two attached hydrogens (primary N) is 1. The van der Waals surface area contributed by atoms with Gasteiger partial charge in [-0.05, 0) is 52.1 Å². The molecule has 1 aliphatic carbocycles. The minimum absolute atomic E-state index is 0.0747. The van der Waals surface area contributed by atoms with Crippen molar-refractivity contribution in [3.8, 4) is 6.07 Å².